The number of aromatic nitrogens is 1. The number of rotatable bonds is 13. The Balaban J connectivity index is 1.53. The first-order valence-electron chi connectivity index (χ1n) is 18.5. The van der Waals surface area contributed by atoms with Gasteiger partial charge in [-0.3, -0.25) is 29.4 Å². The minimum absolute atomic E-state index is 0.0422. The maximum atomic E-state index is 13.9. The van der Waals surface area contributed by atoms with Crippen molar-refractivity contribution < 1.29 is 33.8 Å². The molecule has 1 aliphatic heterocycles. The molecule has 0 bridgehead atoms. The van der Waals surface area contributed by atoms with Crippen molar-refractivity contribution in [2.75, 3.05) is 18.4 Å². The van der Waals surface area contributed by atoms with Gasteiger partial charge in [0.15, 0.2) is 0 Å². The van der Waals surface area contributed by atoms with Gasteiger partial charge < -0.3 is 31.5 Å². The number of nitrogens with two attached hydrogens (primary N) is 1. The number of piperidine rings is 1. The summed E-state index contributed by atoms with van der Waals surface area (Å²) in [4.78, 5) is 71.5. The van der Waals surface area contributed by atoms with Gasteiger partial charge >= 0.3 is 6.09 Å². The Hall–Kier alpha value is -4.56. The molecule has 2 aliphatic rings. The Morgan fingerprint density at radius 2 is 1.62 bits per heavy atom. The van der Waals surface area contributed by atoms with Gasteiger partial charge in [-0.25, -0.2) is 9.78 Å². The van der Waals surface area contributed by atoms with Gasteiger partial charge in [-0.05, 0) is 90.3 Å². The minimum Gasteiger partial charge on any atom is -0.444 e. The smallest absolute Gasteiger partial charge is 0.413 e. The van der Waals surface area contributed by atoms with Gasteiger partial charge in [0.05, 0.1) is 24.6 Å². The molecule has 4 rings (SSSR count). The Labute approximate surface area is 312 Å². The number of fused-ring (bicyclic) bond motifs is 1. The highest BCUT2D eigenvalue weighted by molar-refractivity contribution is 5.98. The third kappa shape index (κ3) is 13.1. The van der Waals surface area contributed by atoms with Crippen LogP contribution in [0.5, 0.6) is 0 Å². The van der Waals surface area contributed by atoms with E-state index in [1.54, 1.807) is 20.8 Å². The first-order valence-corrected chi connectivity index (χ1v) is 18.5. The minimum atomic E-state index is -1.40. The van der Waals surface area contributed by atoms with Crippen molar-refractivity contribution in [3.8, 4) is 0 Å². The number of aliphatic hydroxyl groups excluding tert-OH is 1. The molecule has 1 aliphatic carbocycles. The van der Waals surface area contributed by atoms with Crippen molar-refractivity contribution in [3.63, 3.8) is 0 Å². The highest BCUT2D eigenvalue weighted by Crippen LogP contribution is 2.39. The maximum Gasteiger partial charge on any atom is 0.413 e. The van der Waals surface area contributed by atoms with Crippen LogP contribution in [0.25, 0.3) is 0 Å². The second-order valence-corrected chi connectivity index (χ2v) is 16.4. The van der Waals surface area contributed by atoms with Crippen molar-refractivity contribution in [1.29, 1.82) is 0 Å². The van der Waals surface area contributed by atoms with E-state index < -0.39 is 65.6 Å². The first kappa shape index (κ1) is 41.2. The molecule has 7 N–H and O–H groups in total. The van der Waals surface area contributed by atoms with Crippen molar-refractivity contribution in [3.05, 3.63) is 59.8 Å². The van der Waals surface area contributed by atoms with E-state index in [0.717, 1.165) is 31.2 Å². The third-order valence-corrected chi connectivity index (χ3v) is 9.45. The molecule has 1 saturated carbocycles. The number of hydrogen-bond donors (Lipinski definition) is 6. The van der Waals surface area contributed by atoms with E-state index in [2.05, 4.69) is 31.2 Å². The summed E-state index contributed by atoms with van der Waals surface area (Å²) in [5.41, 5.74) is 5.04. The number of primary amides is 1. The summed E-state index contributed by atoms with van der Waals surface area (Å²) >= 11 is 0. The number of carbonyl (C=O) groups excluding carboxylic acids is 5. The quantitative estimate of drug-likeness (QED) is 0.178. The second kappa shape index (κ2) is 18.0. The van der Waals surface area contributed by atoms with Crippen LogP contribution in [0.1, 0.15) is 96.1 Å². The number of likely N-dealkylation sites (tertiary alicyclic amines) is 1. The van der Waals surface area contributed by atoms with E-state index in [1.807, 2.05) is 51.1 Å². The standard InChI is InChI=1S/C39H57N7O7/c1-38(2,3)45-36(51)30-20-25-15-10-11-16-26(25)22-46(30)23-31(47)28(19-24-13-8-7-9-14-24)42-35(50)29(21-32(40)48)43-34(49)27-17-12-18-33(41-27)44-37(52)53-39(4,5)6/h7-9,12-14,17-18,25-26,28-31,47H,10-11,15-16,19-23H2,1-6H3,(H2,40,48)(H,42,50)(H,43,49)(H,45,51)(H,41,44,52)/t25-,26+,28+,29+,30-,31+/m1/s1. The molecule has 14 nitrogen and oxygen atoms in total. The number of carbonyl (C=O) groups is 5. The number of nitrogens with one attached hydrogen (secondary N) is 4. The lowest BCUT2D eigenvalue weighted by Gasteiger charge is -2.47. The van der Waals surface area contributed by atoms with E-state index in [1.165, 1.54) is 18.2 Å². The Kier molecular flexibility index (Phi) is 14.0. The molecule has 1 aromatic heterocycles. The first-order chi connectivity index (χ1) is 24.9. The van der Waals surface area contributed by atoms with Crippen molar-refractivity contribution in [2.45, 2.75) is 122 Å². The highest BCUT2D eigenvalue weighted by atomic mass is 16.6. The van der Waals surface area contributed by atoms with Crippen molar-refractivity contribution in [1.82, 2.24) is 25.8 Å². The second-order valence-electron chi connectivity index (χ2n) is 16.4. The maximum absolute atomic E-state index is 13.9. The normalized spacial score (nSPS) is 20.8. The summed E-state index contributed by atoms with van der Waals surface area (Å²) in [6.07, 6.45) is 2.97. The summed E-state index contributed by atoms with van der Waals surface area (Å²) in [6.45, 7) is 11.7. The van der Waals surface area contributed by atoms with Crippen LogP contribution in [0.4, 0.5) is 10.6 Å². The van der Waals surface area contributed by atoms with Crippen LogP contribution in [0.15, 0.2) is 48.5 Å². The molecule has 1 aromatic carbocycles. The summed E-state index contributed by atoms with van der Waals surface area (Å²) < 4.78 is 5.25. The molecule has 5 amide bonds. The van der Waals surface area contributed by atoms with Gasteiger partial charge in [0.2, 0.25) is 17.7 Å². The lowest BCUT2D eigenvalue weighted by molar-refractivity contribution is -0.133. The van der Waals surface area contributed by atoms with Crippen LogP contribution < -0.4 is 27.0 Å². The van der Waals surface area contributed by atoms with Crippen molar-refractivity contribution in [2.24, 2.45) is 17.6 Å². The predicted octanol–water partition coefficient (Wildman–Crippen LogP) is 3.29. The summed E-state index contributed by atoms with van der Waals surface area (Å²) in [6, 6.07) is 11.0. The van der Waals surface area contributed by atoms with Crippen LogP contribution in [0, 0.1) is 11.8 Å². The molecule has 6 atom stereocenters. The molecule has 2 aromatic rings. The number of nitrogens with zero attached hydrogens (tertiary/aromatic N) is 2. The zero-order valence-corrected chi connectivity index (χ0v) is 31.8. The van der Waals surface area contributed by atoms with E-state index >= 15 is 0 Å². The number of β-amino-alcohol motifs (C(OH)–C–C–N with tert-alkyl or cyclic N) is 1. The van der Waals surface area contributed by atoms with E-state index in [9.17, 15) is 29.1 Å². The van der Waals surface area contributed by atoms with E-state index in [4.69, 9.17) is 10.5 Å². The van der Waals surface area contributed by atoms with Gasteiger partial charge in [-0.2, -0.15) is 0 Å². The Bertz CT molecular complexity index is 1590. The molecular formula is C39H57N7O7. The number of anilines is 1. The van der Waals surface area contributed by atoms with Crippen LogP contribution in [0.3, 0.4) is 0 Å². The number of benzene rings is 1. The van der Waals surface area contributed by atoms with Crippen LogP contribution >= 0.6 is 0 Å². The SMILES string of the molecule is CC(C)(C)NC(=O)[C@H]1C[C@H]2CCCC[C@H]2CN1C[C@H](O)[C@H](Cc1ccccc1)NC(=O)[C@H](CC(N)=O)NC(=O)c1cccc(NC(=O)OC(C)(C)C)n1. The molecule has 0 unspecified atom stereocenters. The third-order valence-electron chi connectivity index (χ3n) is 9.45. The topological polar surface area (TPSA) is 205 Å². The Morgan fingerprint density at radius 1 is 0.943 bits per heavy atom. The van der Waals surface area contributed by atoms with Crippen molar-refractivity contribution >= 4 is 35.5 Å². The fourth-order valence-electron chi connectivity index (χ4n) is 7.11. The van der Waals surface area contributed by atoms with Crippen LogP contribution in [-0.4, -0.2) is 93.2 Å². The average Bonchev–Trinajstić information content (AvgIpc) is 3.06. The lowest BCUT2D eigenvalue weighted by Crippen LogP contribution is -2.61. The highest BCUT2D eigenvalue weighted by Gasteiger charge is 2.42. The summed E-state index contributed by atoms with van der Waals surface area (Å²) in [5.74, 6) is -1.54. The summed E-state index contributed by atoms with van der Waals surface area (Å²) in [7, 11) is 0. The molecule has 1 saturated heterocycles. The van der Waals surface area contributed by atoms with E-state index in [-0.39, 0.29) is 30.4 Å². The molecule has 2 heterocycles. The molecule has 0 radical (unpaired) electrons. The Morgan fingerprint density at radius 3 is 2.26 bits per heavy atom. The average molecular weight is 736 g/mol. The number of amides is 5. The van der Waals surface area contributed by atoms with Gasteiger partial charge in [-0.15, -0.1) is 0 Å². The van der Waals surface area contributed by atoms with Crippen LogP contribution in [-0.2, 0) is 25.5 Å². The van der Waals surface area contributed by atoms with Gasteiger partial charge in [0.1, 0.15) is 23.2 Å². The number of ether oxygens (including phenoxy) is 1. The predicted molar refractivity (Wildman–Crippen MR) is 201 cm³/mol. The monoisotopic (exact) mass is 735 g/mol. The molecule has 290 valence electrons. The molecule has 14 heteroatoms. The number of hydrogen-bond acceptors (Lipinski definition) is 9. The molecule has 53 heavy (non-hydrogen) atoms. The zero-order valence-electron chi connectivity index (χ0n) is 31.8. The fourth-order valence-corrected chi connectivity index (χ4v) is 7.11. The molecular weight excluding hydrogens is 678 g/mol. The van der Waals surface area contributed by atoms with Gasteiger partial charge in [-0.1, -0.05) is 55.7 Å². The molecule has 0 spiro atoms. The van der Waals surface area contributed by atoms with Gasteiger partial charge in [0.25, 0.3) is 5.91 Å². The number of pyridine rings is 1. The molecule has 2 fully saturated rings. The number of aliphatic hydroxyl groups is 1. The zero-order chi connectivity index (χ0) is 38.9. The van der Waals surface area contributed by atoms with Crippen LogP contribution in [0.2, 0.25) is 0 Å². The lowest BCUT2D eigenvalue weighted by atomic mass is 9.72. The largest absolute Gasteiger partial charge is 0.444 e. The fraction of sp³-hybridized carbons (Fsp3) is 0.590. The van der Waals surface area contributed by atoms with E-state index in [0.29, 0.717) is 24.8 Å². The van der Waals surface area contributed by atoms with Gasteiger partial charge in [0, 0.05) is 18.6 Å². The summed E-state index contributed by atoms with van der Waals surface area (Å²) in [5, 5.41) is 22.9.